The average Bonchev–Trinajstić information content (AvgIpc) is 1.02. The number of carboxylic acid groups (broad SMARTS) is 4. The lowest BCUT2D eigenvalue weighted by Crippen LogP contribution is -2.61. The minimum atomic E-state index is -1.86. The number of hydrogen-bond acceptors (Lipinski definition) is 21. The summed E-state index contributed by atoms with van der Waals surface area (Å²) in [6, 6.07) is -20.0. The highest BCUT2D eigenvalue weighted by Gasteiger charge is 2.38. The van der Waals surface area contributed by atoms with Crippen molar-refractivity contribution >= 4 is 113 Å². The zero-order valence-electron chi connectivity index (χ0n) is 62.2. The molecule has 1 aromatic rings. The second kappa shape index (κ2) is 48.7. The van der Waals surface area contributed by atoms with Gasteiger partial charge in [-0.3, -0.25) is 86.7 Å². The van der Waals surface area contributed by atoms with Crippen LogP contribution < -0.4 is 98.2 Å². The van der Waals surface area contributed by atoms with E-state index in [2.05, 4.69) is 83.8 Å². The Balaban J connectivity index is 3.65. The third kappa shape index (κ3) is 39.2. The van der Waals surface area contributed by atoms with Crippen molar-refractivity contribution in [2.75, 3.05) is 13.1 Å². The molecule has 0 saturated carbocycles. The number of guanidine groups is 2. The van der Waals surface area contributed by atoms with Crippen LogP contribution in [0.2, 0.25) is 0 Å². The van der Waals surface area contributed by atoms with Crippen molar-refractivity contribution in [2.24, 2.45) is 62.1 Å². The van der Waals surface area contributed by atoms with Crippen LogP contribution in [0.15, 0.2) is 22.5 Å². The number of hydrogen-bond donors (Lipinski definition) is 23. The lowest BCUT2D eigenvalue weighted by Gasteiger charge is -2.28. The molecule has 108 heavy (non-hydrogen) atoms. The van der Waals surface area contributed by atoms with Gasteiger partial charge in [0.1, 0.15) is 72.5 Å². The number of carbonyl (C=O) groups excluding carboxylic acids is 13. The molecular formula is C65H110N22O21. The molecule has 0 spiro atoms. The third-order valence-corrected chi connectivity index (χ3v) is 15.8. The molecule has 0 aliphatic rings. The van der Waals surface area contributed by atoms with Crippen LogP contribution in [0.25, 0.3) is 0 Å². The fourth-order valence-electron chi connectivity index (χ4n) is 10.2. The molecule has 1 aromatic heterocycles. The van der Waals surface area contributed by atoms with E-state index in [1.807, 2.05) is 13.8 Å². The van der Waals surface area contributed by atoms with E-state index in [1.165, 1.54) is 26.4 Å². The average molecular weight is 1540 g/mol. The predicted molar refractivity (Wildman–Crippen MR) is 385 cm³/mol. The quantitative estimate of drug-likeness (QED) is 0.0164. The predicted octanol–water partition coefficient (Wildman–Crippen LogP) is -6.65. The second-order valence-corrected chi connectivity index (χ2v) is 27.1. The number of aliphatic imine (C=N–C) groups is 2. The maximum atomic E-state index is 14.4. The summed E-state index contributed by atoms with van der Waals surface area (Å²) in [5.41, 5.74) is 33.0. The highest BCUT2D eigenvalue weighted by Crippen LogP contribution is 2.15. The number of aromatic nitrogens is 2. The number of nitrogens with two attached hydrogens (primary N) is 6. The van der Waals surface area contributed by atoms with Gasteiger partial charge in [-0.2, -0.15) is 0 Å². The first-order valence-electron chi connectivity index (χ1n) is 35.1. The molecule has 43 heteroatoms. The molecule has 0 aliphatic carbocycles. The summed E-state index contributed by atoms with van der Waals surface area (Å²) >= 11 is 0. The smallest absolute Gasteiger partial charge is 0.326 e. The van der Waals surface area contributed by atoms with Gasteiger partial charge in [-0.05, 0) is 109 Å². The number of carboxylic acids is 4. The molecule has 13 amide bonds. The minimum absolute atomic E-state index is 0.0395. The Morgan fingerprint density at radius 1 is 0.370 bits per heavy atom. The topological polar surface area (TPSA) is 725 Å². The monoisotopic (exact) mass is 1530 g/mol. The van der Waals surface area contributed by atoms with E-state index in [0.717, 1.165) is 6.92 Å². The summed E-state index contributed by atoms with van der Waals surface area (Å²) in [7, 11) is 0. The summed E-state index contributed by atoms with van der Waals surface area (Å²) in [5, 5.41) is 67.9. The number of nitrogens with zero attached hydrogens (tertiary/aromatic N) is 3. The zero-order chi connectivity index (χ0) is 82.2. The number of carbonyl (C=O) groups is 17. The van der Waals surface area contributed by atoms with E-state index in [4.69, 9.17) is 34.4 Å². The molecule has 13 atom stereocenters. The largest absolute Gasteiger partial charge is 0.481 e. The molecule has 29 N–H and O–H groups in total. The van der Waals surface area contributed by atoms with Crippen molar-refractivity contribution in [3.63, 3.8) is 0 Å². The van der Waals surface area contributed by atoms with Crippen LogP contribution in [0.4, 0.5) is 0 Å². The lowest BCUT2D eigenvalue weighted by atomic mass is 9.99. The molecule has 0 saturated heterocycles. The molecule has 0 bridgehead atoms. The van der Waals surface area contributed by atoms with Crippen molar-refractivity contribution in [3.05, 3.63) is 18.2 Å². The second-order valence-electron chi connectivity index (χ2n) is 27.1. The molecule has 0 fully saturated rings. The van der Waals surface area contributed by atoms with Crippen LogP contribution >= 0.6 is 0 Å². The van der Waals surface area contributed by atoms with Crippen LogP contribution in [-0.4, -0.2) is 235 Å². The fourth-order valence-corrected chi connectivity index (χ4v) is 10.2. The SMILES string of the molecule is CC(C)C[C@H](NC(=O)[C@H](C)N)C(=O)N[C@@H](C)C(=O)N[C@@H](Cc1cnc[nH]1)C(=O)N[C@@H](CC(C)C)C(=O)N[C@@H](CC(C)C)C(=O)N[C@@H](CCC(=O)O)C(=O)N[C@@H](C)C(=O)N[C@@H](CCC(=O)O)C(=O)N[C@@H](CCCN=C(N)N)C(=O)N[C@@H](CCC(N)=O)C(=O)N[C@@H](CCC(=O)O)C(=O)N[C@@H](CCCN=C(N)N)C(=O)O. The van der Waals surface area contributed by atoms with Crippen molar-refractivity contribution in [2.45, 2.75) is 244 Å². The number of primary amides is 1. The van der Waals surface area contributed by atoms with Crippen molar-refractivity contribution in [1.29, 1.82) is 0 Å². The van der Waals surface area contributed by atoms with E-state index >= 15 is 0 Å². The fraction of sp³-hybridized carbons (Fsp3) is 0.662. The number of aliphatic carboxylic acids is 4. The van der Waals surface area contributed by atoms with Gasteiger partial charge in [0, 0.05) is 57.1 Å². The van der Waals surface area contributed by atoms with Crippen molar-refractivity contribution in [1.82, 2.24) is 73.8 Å². The summed E-state index contributed by atoms with van der Waals surface area (Å²) in [6.07, 6.45) is -3.66. The molecule has 606 valence electrons. The zero-order valence-corrected chi connectivity index (χ0v) is 62.2. The Kier molecular flexibility index (Phi) is 42.7. The molecule has 0 aromatic carbocycles. The lowest BCUT2D eigenvalue weighted by molar-refractivity contribution is -0.143. The van der Waals surface area contributed by atoms with Gasteiger partial charge in [0.2, 0.25) is 76.8 Å². The van der Waals surface area contributed by atoms with Gasteiger partial charge in [-0.15, -0.1) is 0 Å². The van der Waals surface area contributed by atoms with Gasteiger partial charge in [0.25, 0.3) is 0 Å². The number of amides is 13. The summed E-state index contributed by atoms with van der Waals surface area (Å²) < 4.78 is 0. The van der Waals surface area contributed by atoms with Crippen LogP contribution in [0, 0.1) is 17.8 Å². The van der Waals surface area contributed by atoms with Gasteiger partial charge in [-0.25, -0.2) is 9.78 Å². The van der Waals surface area contributed by atoms with Gasteiger partial charge >= 0.3 is 23.9 Å². The Hall–Kier alpha value is -11.3. The summed E-state index contributed by atoms with van der Waals surface area (Å²) in [4.78, 5) is 241. The van der Waals surface area contributed by atoms with Crippen LogP contribution in [0.5, 0.6) is 0 Å². The minimum Gasteiger partial charge on any atom is -0.481 e. The van der Waals surface area contributed by atoms with E-state index in [1.54, 1.807) is 27.7 Å². The maximum absolute atomic E-state index is 14.4. The van der Waals surface area contributed by atoms with Crippen LogP contribution in [-0.2, 0) is 87.9 Å². The number of imidazole rings is 1. The van der Waals surface area contributed by atoms with Gasteiger partial charge in [0.05, 0.1) is 12.4 Å². The van der Waals surface area contributed by atoms with Crippen LogP contribution in [0.3, 0.4) is 0 Å². The first-order valence-corrected chi connectivity index (χ1v) is 35.1. The Bertz CT molecular complexity index is 3300. The molecule has 1 heterocycles. The molecule has 0 unspecified atom stereocenters. The number of nitrogens with one attached hydrogen (secondary N) is 13. The van der Waals surface area contributed by atoms with Crippen molar-refractivity contribution < 1.29 is 102 Å². The van der Waals surface area contributed by atoms with E-state index in [0.29, 0.717) is 5.69 Å². The van der Waals surface area contributed by atoms with Crippen molar-refractivity contribution in [3.8, 4) is 0 Å². The number of rotatable bonds is 53. The first kappa shape index (κ1) is 94.7. The first-order chi connectivity index (χ1) is 50.4. The van der Waals surface area contributed by atoms with E-state index in [9.17, 15) is 102 Å². The molecule has 0 aliphatic heterocycles. The molecule has 1 rings (SSSR count). The number of H-pyrrole nitrogens is 1. The third-order valence-electron chi connectivity index (χ3n) is 15.8. The Labute approximate surface area is 623 Å². The Morgan fingerprint density at radius 3 is 0.963 bits per heavy atom. The molecule has 43 nitrogen and oxygen atoms in total. The highest BCUT2D eigenvalue weighted by atomic mass is 16.4. The van der Waals surface area contributed by atoms with Gasteiger partial charge < -0.3 is 124 Å². The summed E-state index contributed by atoms with van der Waals surface area (Å²) in [5.74, 6) is -20.5. The Morgan fingerprint density at radius 2 is 0.648 bits per heavy atom. The number of aromatic amines is 1. The summed E-state index contributed by atoms with van der Waals surface area (Å²) in [6.45, 7) is 14.1. The van der Waals surface area contributed by atoms with Gasteiger partial charge in [0.15, 0.2) is 11.9 Å². The highest BCUT2D eigenvalue weighted by molar-refractivity contribution is 6.00. The standard InChI is InChI=1S/C65H110N22O21/c1-30(2)24-43(84-51(95)33(7)66)59(103)77-35(9)53(97)85-46(27-36-28-72-29-75-36)62(106)87-45(26-32(5)6)61(105)86-44(25-31(3)4)60(104)82-39(15-19-48(89)90)54(98)76-34(8)52(96)78-40(16-20-49(91)92)57(101)79-37(12-10-22-73-64(68)69)55(99)80-38(14-18-47(67)88)56(100)81-41(17-21-50(93)94)58(102)83-42(63(107)108)13-11-23-74-65(70)71/h28-35,37-46H,10-27,66H2,1-9H3,(H2,67,88)(H,72,75)(H,76,98)(H,77,103)(H,78,96)(H,79,101)(H,80,99)(H,81,100)(H,82,104)(H,83,102)(H,84,95)(H,85,97)(H,86,105)(H,87,106)(H,89,90)(H,91,92)(H,93,94)(H,107,108)(H4,68,69,73)(H4,70,71,74)/t33-,34-,35-,37-,38-,39-,40-,41-,42-,43-,44-,45-,46-/m0/s1. The van der Waals surface area contributed by atoms with E-state index in [-0.39, 0.29) is 94.1 Å². The maximum Gasteiger partial charge on any atom is 0.326 e. The molecular weight excluding hydrogens is 1420 g/mol. The van der Waals surface area contributed by atoms with Gasteiger partial charge in [-0.1, -0.05) is 41.5 Å². The van der Waals surface area contributed by atoms with E-state index < -0.39 is 231 Å². The van der Waals surface area contributed by atoms with Crippen LogP contribution in [0.1, 0.15) is 164 Å². The molecule has 0 radical (unpaired) electrons. The normalized spacial score (nSPS) is 14.7.